The van der Waals surface area contributed by atoms with E-state index in [1.807, 2.05) is 12.1 Å². The Labute approximate surface area is 111 Å². The minimum absolute atomic E-state index is 0.190. The smallest absolute Gasteiger partial charge is 0.0634 e. The van der Waals surface area contributed by atoms with Crippen molar-refractivity contribution in [2.24, 2.45) is 11.8 Å². The van der Waals surface area contributed by atoms with Crippen LogP contribution in [-0.4, -0.2) is 11.2 Å². The molecule has 0 aliphatic heterocycles. The molecule has 1 aromatic rings. The first-order valence-corrected chi connectivity index (χ1v) is 7.16. The molecule has 1 nitrogen and oxygen atoms in total. The third kappa shape index (κ3) is 3.46. The minimum atomic E-state index is -0.219. The summed E-state index contributed by atoms with van der Waals surface area (Å²) in [6.07, 6.45) is 8.87. The second kappa shape index (κ2) is 6.75. The lowest BCUT2D eigenvalue weighted by atomic mass is 9.78. The lowest BCUT2D eigenvalue weighted by molar-refractivity contribution is 0.0500. The molecule has 1 aromatic carbocycles. The van der Waals surface area contributed by atoms with Crippen molar-refractivity contribution in [1.29, 1.82) is 0 Å². The first-order chi connectivity index (χ1) is 8.81. The maximum Gasteiger partial charge on any atom is 0.0634 e. The summed E-state index contributed by atoms with van der Waals surface area (Å²) < 4.78 is 0. The molecule has 0 heterocycles. The lowest BCUT2D eigenvalue weighted by Gasteiger charge is -2.31. The Morgan fingerprint density at radius 1 is 1.17 bits per heavy atom. The molecular formula is C17H24O. The average molecular weight is 244 g/mol. The molecule has 1 N–H and O–H groups in total. The van der Waals surface area contributed by atoms with Crippen molar-refractivity contribution in [3.8, 4) is 0 Å². The maximum absolute atomic E-state index is 10.5. The second-order valence-electron chi connectivity index (χ2n) is 5.48. The summed E-state index contributed by atoms with van der Waals surface area (Å²) in [5.41, 5.74) is 1.29. The van der Waals surface area contributed by atoms with Crippen LogP contribution in [0.15, 0.2) is 43.0 Å². The molecule has 18 heavy (non-hydrogen) atoms. The summed E-state index contributed by atoms with van der Waals surface area (Å²) in [7, 11) is 0. The third-order valence-corrected chi connectivity index (χ3v) is 4.19. The molecule has 0 aromatic heterocycles. The van der Waals surface area contributed by atoms with E-state index < -0.39 is 0 Å². The van der Waals surface area contributed by atoms with Gasteiger partial charge in [0.05, 0.1) is 6.10 Å². The average Bonchev–Trinajstić information content (AvgIpc) is 2.46. The van der Waals surface area contributed by atoms with Crippen LogP contribution < -0.4 is 0 Å². The van der Waals surface area contributed by atoms with Crippen LogP contribution in [0.5, 0.6) is 0 Å². The van der Waals surface area contributed by atoms with Crippen molar-refractivity contribution < 1.29 is 5.11 Å². The van der Waals surface area contributed by atoms with Gasteiger partial charge in [-0.3, -0.25) is 0 Å². The maximum atomic E-state index is 10.5. The van der Waals surface area contributed by atoms with Crippen molar-refractivity contribution in [1.82, 2.24) is 0 Å². The van der Waals surface area contributed by atoms with Gasteiger partial charge in [0.1, 0.15) is 0 Å². The zero-order chi connectivity index (χ0) is 12.8. The molecule has 0 saturated heterocycles. The van der Waals surface area contributed by atoms with Crippen LogP contribution in [-0.2, 0) is 6.42 Å². The van der Waals surface area contributed by atoms with Gasteiger partial charge in [0, 0.05) is 5.92 Å². The number of aliphatic hydroxyl groups is 1. The summed E-state index contributed by atoms with van der Waals surface area (Å²) in [4.78, 5) is 0. The molecule has 0 radical (unpaired) electrons. The Balaban J connectivity index is 1.97. The molecule has 2 rings (SSSR count). The molecule has 0 unspecified atom stereocenters. The molecule has 0 bridgehead atoms. The molecule has 0 amide bonds. The van der Waals surface area contributed by atoms with Crippen molar-refractivity contribution in [2.45, 2.75) is 44.6 Å². The van der Waals surface area contributed by atoms with E-state index >= 15 is 0 Å². The van der Waals surface area contributed by atoms with E-state index in [1.165, 1.54) is 37.7 Å². The van der Waals surface area contributed by atoms with Gasteiger partial charge in [0.25, 0.3) is 0 Å². The lowest BCUT2D eigenvalue weighted by Crippen LogP contribution is -2.30. The molecule has 0 spiro atoms. The standard InChI is InChI=1S/C17H24O/c1-2-15(13-14-9-5-3-6-10-14)17(18)16-11-7-4-8-12-16/h2-3,5-6,9-10,15-18H,1,4,7-8,11-13H2/t15-,17-/m1/s1. The number of hydrogen-bond donors (Lipinski definition) is 1. The van der Waals surface area contributed by atoms with Gasteiger partial charge in [-0.15, -0.1) is 6.58 Å². The SMILES string of the molecule is C=C[C@H](Cc1ccccc1)[C@@H](O)C1CCCCC1. The summed E-state index contributed by atoms with van der Waals surface area (Å²) >= 11 is 0. The highest BCUT2D eigenvalue weighted by atomic mass is 16.3. The van der Waals surface area contributed by atoms with Crippen LogP contribution in [0.25, 0.3) is 0 Å². The highest BCUT2D eigenvalue weighted by Gasteiger charge is 2.27. The molecule has 1 saturated carbocycles. The molecule has 1 aliphatic carbocycles. The number of aliphatic hydroxyl groups excluding tert-OH is 1. The third-order valence-electron chi connectivity index (χ3n) is 4.19. The first kappa shape index (κ1) is 13.4. The highest BCUT2D eigenvalue weighted by molar-refractivity contribution is 5.16. The van der Waals surface area contributed by atoms with E-state index in [9.17, 15) is 5.11 Å². The summed E-state index contributed by atoms with van der Waals surface area (Å²) in [5, 5.41) is 10.5. The van der Waals surface area contributed by atoms with Crippen LogP contribution in [0.3, 0.4) is 0 Å². The van der Waals surface area contributed by atoms with E-state index in [0.29, 0.717) is 5.92 Å². The van der Waals surface area contributed by atoms with Crippen LogP contribution in [0, 0.1) is 11.8 Å². The molecule has 2 atom stereocenters. The van der Waals surface area contributed by atoms with Crippen LogP contribution in [0.2, 0.25) is 0 Å². The van der Waals surface area contributed by atoms with Gasteiger partial charge in [-0.25, -0.2) is 0 Å². The Morgan fingerprint density at radius 2 is 1.83 bits per heavy atom. The number of rotatable bonds is 5. The Kier molecular flexibility index (Phi) is 5.00. The molecule has 1 aliphatic rings. The largest absolute Gasteiger partial charge is 0.392 e. The first-order valence-electron chi connectivity index (χ1n) is 7.16. The van der Waals surface area contributed by atoms with E-state index in [4.69, 9.17) is 0 Å². The van der Waals surface area contributed by atoms with Crippen molar-refractivity contribution >= 4 is 0 Å². The zero-order valence-electron chi connectivity index (χ0n) is 11.1. The summed E-state index contributed by atoms with van der Waals surface area (Å²) in [5.74, 6) is 0.668. The fraction of sp³-hybridized carbons (Fsp3) is 0.529. The Hall–Kier alpha value is -1.08. The van der Waals surface area contributed by atoms with Gasteiger partial charge < -0.3 is 5.11 Å². The van der Waals surface area contributed by atoms with Gasteiger partial charge >= 0.3 is 0 Å². The van der Waals surface area contributed by atoms with Gasteiger partial charge in [0.2, 0.25) is 0 Å². The van der Waals surface area contributed by atoms with Crippen LogP contribution in [0.4, 0.5) is 0 Å². The van der Waals surface area contributed by atoms with Gasteiger partial charge in [-0.1, -0.05) is 55.7 Å². The van der Waals surface area contributed by atoms with Crippen LogP contribution in [0.1, 0.15) is 37.7 Å². The number of benzene rings is 1. The fourth-order valence-corrected chi connectivity index (χ4v) is 3.06. The molecule has 1 heteroatoms. The van der Waals surface area contributed by atoms with Gasteiger partial charge in [0.15, 0.2) is 0 Å². The highest BCUT2D eigenvalue weighted by Crippen LogP contribution is 2.31. The summed E-state index contributed by atoms with van der Waals surface area (Å²) in [6, 6.07) is 10.4. The van der Waals surface area contributed by atoms with E-state index in [1.54, 1.807) is 0 Å². The number of hydrogen-bond acceptors (Lipinski definition) is 1. The quantitative estimate of drug-likeness (QED) is 0.777. The van der Waals surface area contributed by atoms with Gasteiger partial charge in [-0.05, 0) is 30.7 Å². The molecule has 1 fully saturated rings. The predicted octanol–water partition coefficient (Wildman–Crippen LogP) is 3.97. The van der Waals surface area contributed by atoms with Crippen molar-refractivity contribution in [3.05, 3.63) is 48.6 Å². The van der Waals surface area contributed by atoms with E-state index in [2.05, 4.69) is 30.8 Å². The zero-order valence-corrected chi connectivity index (χ0v) is 11.1. The van der Waals surface area contributed by atoms with E-state index in [-0.39, 0.29) is 12.0 Å². The molecular weight excluding hydrogens is 220 g/mol. The minimum Gasteiger partial charge on any atom is -0.392 e. The van der Waals surface area contributed by atoms with E-state index in [0.717, 1.165) is 6.42 Å². The molecule has 98 valence electrons. The normalized spacial score (nSPS) is 20.3. The second-order valence-corrected chi connectivity index (χ2v) is 5.48. The monoisotopic (exact) mass is 244 g/mol. The Bertz CT molecular complexity index is 351. The van der Waals surface area contributed by atoms with Crippen molar-refractivity contribution in [3.63, 3.8) is 0 Å². The van der Waals surface area contributed by atoms with Crippen LogP contribution >= 0.6 is 0 Å². The fourth-order valence-electron chi connectivity index (χ4n) is 3.06. The Morgan fingerprint density at radius 3 is 2.44 bits per heavy atom. The predicted molar refractivity (Wildman–Crippen MR) is 76.4 cm³/mol. The summed E-state index contributed by atoms with van der Waals surface area (Å²) in [6.45, 7) is 3.91. The van der Waals surface area contributed by atoms with Gasteiger partial charge in [-0.2, -0.15) is 0 Å². The van der Waals surface area contributed by atoms with Crippen molar-refractivity contribution in [2.75, 3.05) is 0 Å². The topological polar surface area (TPSA) is 20.2 Å².